The van der Waals surface area contributed by atoms with Crippen molar-refractivity contribution in [1.29, 1.82) is 0 Å². The molecular weight excluding hydrogens is 243 g/mol. The minimum absolute atomic E-state index is 0.144. The molecule has 0 atom stereocenters. The summed E-state index contributed by atoms with van der Waals surface area (Å²) in [4.78, 5) is 0. The topological polar surface area (TPSA) is 9.23 Å². The van der Waals surface area contributed by atoms with Crippen molar-refractivity contribution in [3.8, 4) is 16.9 Å². The lowest BCUT2D eigenvalue weighted by Gasteiger charge is -2.19. The average Bonchev–Trinajstić information content (AvgIpc) is 2.58. The first kappa shape index (κ1) is 11.5. The third-order valence-electron chi connectivity index (χ3n) is 3.85. The Morgan fingerprint density at radius 3 is 2.22 bits per heavy atom. The SMILES string of the molecule is COc1ccc2c(c1)[Si](C)(C)c1cc(F)ccc1-2. The summed E-state index contributed by atoms with van der Waals surface area (Å²) in [6.45, 7) is 4.52. The van der Waals surface area contributed by atoms with E-state index in [0.717, 1.165) is 5.75 Å². The average molecular weight is 258 g/mol. The molecule has 3 heteroatoms. The fourth-order valence-corrected chi connectivity index (χ4v) is 5.89. The van der Waals surface area contributed by atoms with Gasteiger partial charge < -0.3 is 4.74 Å². The van der Waals surface area contributed by atoms with Gasteiger partial charge in [-0.2, -0.15) is 0 Å². The van der Waals surface area contributed by atoms with Gasteiger partial charge in [-0.05, 0) is 45.8 Å². The Bertz CT molecular complexity index is 634. The summed E-state index contributed by atoms with van der Waals surface area (Å²) in [7, 11) is -0.102. The van der Waals surface area contributed by atoms with Gasteiger partial charge in [-0.1, -0.05) is 25.2 Å². The van der Waals surface area contributed by atoms with Gasteiger partial charge in [0.25, 0.3) is 0 Å². The monoisotopic (exact) mass is 258 g/mol. The summed E-state index contributed by atoms with van der Waals surface area (Å²) < 4.78 is 18.8. The van der Waals surface area contributed by atoms with E-state index in [0.29, 0.717) is 0 Å². The summed E-state index contributed by atoms with van der Waals surface area (Å²) in [5, 5.41) is 2.52. The third-order valence-corrected chi connectivity index (χ3v) is 7.37. The quantitative estimate of drug-likeness (QED) is 0.715. The molecule has 0 amide bonds. The minimum Gasteiger partial charge on any atom is -0.497 e. The van der Waals surface area contributed by atoms with Crippen LogP contribution in [-0.2, 0) is 0 Å². The van der Waals surface area contributed by atoms with E-state index in [1.165, 1.54) is 21.5 Å². The maximum atomic E-state index is 13.5. The van der Waals surface area contributed by atoms with Crippen LogP contribution >= 0.6 is 0 Å². The fraction of sp³-hybridized carbons (Fsp3) is 0.200. The Hall–Kier alpha value is -1.61. The standard InChI is InChI=1S/C15H15FOSi/c1-17-11-5-7-13-12-6-4-10(16)8-14(12)18(2,3)15(13)9-11/h4-9H,1-3H3. The third kappa shape index (κ3) is 1.44. The molecule has 0 aromatic heterocycles. The van der Waals surface area contributed by atoms with Crippen LogP contribution in [0.15, 0.2) is 36.4 Å². The van der Waals surface area contributed by atoms with Crippen LogP contribution in [0.25, 0.3) is 11.1 Å². The van der Waals surface area contributed by atoms with E-state index in [4.69, 9.17) is 4.74 Å². The molecule has 0 spiro atoms. The molecule has 3 rings (SSSR count). The summed E-state index contributed by atoms with van der Waals surface area (Å²) in [6, 6.07) is 11.3. The van der Waals surface area contributed by atoms with Crippen molar-refractivity contribution in [3.63, 3.8) is 0 Å². The predicted octanol–water partition coefficient (Wildman–Crippen LogP) is 2.64. The van der Waals surface area contributed by atoms with E-state index in [2.05, 4.69) is 25.2 Å². The van der Waals surface area contributed by atoms with Crippen LogP contribution in [0.4, 0.5) is 4.39 Å². The summed E-state index contributed by atoms with van der Waals surface area (Å²) >= 11 is 0. The molecule has 1 heterocycles. The van der Waals surface area contributed by atoms with Crippen LogP contribution in [0, 0.1) is 5.82 Å². The second-order valence-electron chi connectivity index (χ2n) is 5.23. The molecule has 0 unspecified atom stereocenters. The summed E-state index contributed by atoms with van der Waals surface area (Å²) in [5.74, 6) is 0.733. The second kappa shape index (κ2) is 3.69. The molecule has 92 valence electrons. The highest BCUT2D eigenvalue weighted by atomic mass is 28.3. The number of benzene rings is 2. The van der Waals surface area contributed by atoms with Gasteiger partial charge in [0, 0.05) is 0 Å². The van der Waals surface area contributed by atoms with Gasteiger partial charge in [0.15, 0.2) is 0 Å². The van der Waals surface area contributed by atoms with Crippen LogP contribution in [-0.4, -0.2) is 15.2 Å². The highest BCUT2D eigenvalue weighted by Crippen LogP contribution is 2.30. The number of hydrogen-bond acceptors (Lipinski definition) is 1. The lowest BCUT2D eigenvalue weighted by molar-refractivity contribution is 0.415. The van der Waals surface area contributed by atoms with Crippen LogP contribution < -0.4 is 15.1 Å². The first-order valence-electron chi connectivity index (χ1n) is 6.03. The van der Waals surface area contributed by atoms with Crippen molar-refractivity contribution in [2.24, 2.45) is 0 Å². The zero-order valence-corrected chi connectivity index (χ0v) is 11.8. The van der Waals surface area contributed by atoms with Crippen molar-refractivity contribution in [1.82, 2.24) is 0 Å². The second-order valence-corrected chi connectivity index (χ2v) is 9.55. The molecule has 0 fully saturated rings. The van der Waals surface area contributed by atoms with Gasteiger partial charge in [0.2, 0.25) is 0 Å². The Morgan fingerprint density at radius 2 is 1.56 bits per heavy atom. The molecule has 18 heavy (non-hydrogen) atoms. The molecule has 1 aliphatic heterocycles. The van der Waals surface area contributed by atoms with E-state index < -0.39 is 8.07 Å². The fourth-order valence-electron chi connectivity index (χ4n) is 2.82. The van der Waals surface area contributed by atoms with Gasteiger partial charge in [-0.3, -0.25) is 0 Å². The summed E-state index contributed by atoms with van der Waals surface area (Å²) in [6.07, 6.45) is 0. The lowest BCUT2D eigenvalue weighted by Crippen LogP contribution is -2.49. The molecule has 2 aromatic rings. The van der Waals surface area contributed by atoms with E-state index in [1.807, 2.05) is 12.1 Å². The number of ether oxygens (including phenoxy) is 1. The van der Waals surface area contributed by atoms with E-state index >= 15 is 0 Å². The maximum Gasteiger partial charge on any atom is 0.123 e. The normalized spacial score (nSPS) is 15.1. The molecule has 0 radical (unpaired) electrons. The van der Waals surface area contributed by atoms with Crippen LogP contribution in [0.5, 0.6) is 5.75 Å². The Labute approximate surface area is 107 Å². The minimum atomic E-state index is -1.78. The first-order chi connectivity index (χ1) is 8.54. The van der Waals surface area contributed by atoms with E-state index in [9.17, 15) is 4.39 Å². The molecule has 0 saturated heterocycles. The van der Waals surface area contributed by atoms with Crippen LogP contribution in [0.3, 0.4) is 0 Å². The maximum absolute atomic E-state index is 13.5. The van der Waals surface area contributed by atoms with Gasteiger partial charge in [0.1, 0.15) is 19.6 Å². The van der Waals surface area contributed by atoms with Crippen LogP contribution in [0.1, 0.15) is 0 Å². The zero-order chi connectivity index (χ0) is 12.9. The van der Waals surface area contributed by atoms with E-state index in [-0.39, 0.29) is 5.82 Å². The molecular formula is C15H15FOSi. The Balaban J connectivity index is 2.31. The van der Waals surface area contributed by atoms with Crippen molar-refractivity contribution < 1.29 is 9.13 Å². The molecule has 0 bridgehead atoms. The van der Waals surface area contributed by atoms with Gasteiger partial charge in [-0.25, -0.2) is 4.39 Å². The Morgan fingerprint density at radius 1 is 0.944 bits per heavy atom. The number of methoxy groups -OCH3 is 1. The van der Waals surface area contributed by atoms with Crippen LogP contribution in [0.2, 0.25) is 13.1 Å². The van der Waals surface area contributed by atoms with E-state index in [1.54, 1.807) is 19.2 Å². The molecule has 1 nitrogen and oxygen atoms in total. The van der Waals surface area contributed by atoms with Gasteiger partial charge in [-0.15, -0.1) is 0 Å². The molecule has 0 aliphatic carbocycles. The van der Waals surface area contributed by atoms with Crippen molar-refractivity contribution in [3.05, 3.63) is 42.2 Å². The predicted molar refractivity (Wildman–Crippen MR) is 75.1 cm³/mol. The first-order valence-corrected chi connectivity index (χ1v) is 9.03. The lowest BCUT2D eigenvalue weighted by atomic mass is 10.1. The highest BCUT2D eigenvalue weighted by molar-refractivity contribution is 7.03. The highest BCUT2D eigenvalue weighted by Gasteiger charge is 2.37. The zero-order valence-electron chi connectivity index (χ0n) is 10.8. The number of rotatable bonds is 1. The number of hydrogen-bond donors (Lipinski definition) is 0. The van der Waals surface area contributed by atoms with Gasteiger partial charge >= 0.3 is 0 Å². The van der Waals surface area contributed by atoms with Crippen molar-refractivity contribution in [2.45, 2.75) is 13.1 Å². The van der Waals surface area contributed by atoms with Gasteiger partial charge in [0.05, 0.1) is 7.11 Å². The smallest absolute Gasteiger partial charge is 0.123 e. The Kier molecular flexibility index (Phi) is 2.35. The summed E-state index contributed by atoms with van der Waals surface area (Å²) in [5.41, 5.74) is 2.42. The number of fused-ring (bicyclic) bond motifs is 3. The van der Waals surface area contributed by atoms with Crippen molar-refractivity contribution in [2.75, 3.05) is 7.11 Å². The molecule has 0 N–H and O–H groups in total. The molecule has 2 aromatic carbocycles. The molecule has 1 aliphatic rings. The molecule has 0 saturated carbocycles. The largest absolute Gasteiger partial charge is 0.497 e. The number of halogens is 1. The van der Waals surface area contributed by atoms with Crippen molar-refractivity contribution >= 4 is 18.4 Å².